The first-order valence-electron chi connectivity index (χ1n) is 3.45. The Balaban J connectivity index is 3.13. The molecule has 2 N–H and O–H groups in total. The zero-order valence-electron chi connectivity index (χ0n) is 6.76. The van der Waals surface area contributed by atoms with Crippen LogP contribution in [-0.4, -0.2) is 12.3 Å². The van der Waals surface area contributed by atoms with E-state index in [-0.39, 0.29) is 4.73 Å². The summed E-state index contributed by atoms with van der Waals surface area (Å²) in [5.41, 5.74) is -0.706. The van der Waals surface area contributed by atoms with Crippen molar-refractivity contribution in [1.29, 1.82) is 0 Å². The van der Waals surface area contributed by atoms with Gasteiger partial charge >= 0.3 is 11.9 Å². The van der Waals surface area contributed by atoms with Crippen LogP contribution in [0.5, 0.6) is 0 Å². The van der Waals surface area contributed by atoms with Crippen molar-refractivity contribution in [2.24, 2.45) is 0 Å². The Labute approximate surface area is 72.4 Å². The van der Waals surface area contributed by atoms with Crippen molar-refractivity contribution in [2.45, 2.75) is 6.18 Å². The maximum absolute atomic E-state index is 12.1. The van der Waals surface area contributed by atoms with Crippen LogP contribution in [-0.2, 0) is 6.18 Å². The van der Waals surface area contributed by atoms with E-state index in [0.717, 1.165) is 12.3 Å². The molecule has 72 valence electrons. The SMILES string of the molecule is CNc1ccc(C(F)(F)F)[n+](O)c1. The molecule has 0 spiro atoms. The monoisotopic (exact) mass is 193 g/mol. The average molecular weight is 193 g/mol. The Hall–Kier alpha value is -1.46. The molecule has 0 aliphatic carbocycles. The van der Waals surface area contributed by atoms with Crippen molar-refractivity contribution in [3.05, 3.63) is 24.0 Å². The lowest BCUT2D eigenvalue weighted by Gasteiger charge is -2.02. The van der Waals surface area contributed by atoms with Gasteiger partial charge in [-0.1, -0.05) is 0 Å². The third kappa shape index (κ3) is 2.01. The Morgan fingerprint density at radius 2 is 2.00 bits per heavy atom. The molecule has 0 radical (unpaired) electrons. The summed E-state index contributed by atoms with van der Waals surface area (Å²) in [7, 11) is 1.54. The van der Waals surface area contributed by atoms with Gasteiger partial charge in [0.05, 0.1) is 0 Å². The number of anilines is 1. The first-order chi connectivity index (χ1) is 5.95. The van der Waals surface area contributed by atoms with Crippen LogP contribution in [0.3, 0.4) is 0 Å². The molecule has 0 saturated carbocycles. The highest BCUT2D eigenvalue weighted by Crippen LogP contribution is 2.26. The number of hydrogen-bond acceptors (Lipinski definition) is 2. The Morgan fingerprint density at radius 1 is 1.38 bits per heavy atom. The lowest BCUT2D eigenvalue weighted by atomic mass is 10.3. The largest absolute Gasteiger partial charge is 0.482 e. The molecular weight excluding hydrogens is 185 g/mol. The minimum Gasteiger partial charge on any atom is -0.383 e. The highest BCUT2D eigenvalue weighted by molar-refractivity contribution is 5.37. The second-order valence-corrected chi connectivity index (χ2v) is 2.40. The number of alkyl halides is 3. The van der Waals surface area contributed by atoms with E-state index in [2.05, 4.69) is 5.32 Å². The van der Waals surface area contributed by atoms with E-state index in [4.69, 9.17) is 5.21 Å². The molecule has 0 unspecified atom stereocenters. The Bertz CT molecular complexity index is 311. The number of aromatic nitrogens is 1. The van der Waals surface area contributed by atoms with Crippen molar-refractivity contribution in [3.8, 4) is 0 Å². The van der Waals surface area contributed by atoms with E-state index in [0.29, 0.717) is 5.69 Å². The van der Waals surface area contributed by atoms with Crippen LogP contribution < -0.4 is 10.0 Å². The number of pyridine rings is 1. The van der Waals surface area contributed by atoms with E-state index >= 15 is 0 Å². The lowest BCUT2D eigenvalue weighted by molar-refractivity contribution is -0.914. The molecule has 0 aliphatic rings. The van der Waals surface area contributed by atoms with Crippen molar-refractivity contribution in [2.75, 3.05) is 12.4 Å². The van der Waals surface area contributed by atoms with E-state index in [1.165, 1.54) is 6.07 Å². The second kappa shape index (κ2) is 3.12. The molecule has 0 amide bonds. The number of rotatable bonds is 1. The van der Waals surface area contributed by atoms with E-state index in [1.807, 2.05) is 0 Å². The highest BCUT2D eigenvalue weighted by atomic mass is 19.4. The average Bonchev–Trinajstić information content (AvgIpc) is 2.01. The molecule has 1 aromatic heterocycles. The molecule has 1 heterocycles. The van der Waals surface area contributed by atoms with Gasteiger partial charge in [-0.2, -0.15) is 13.2 Å². The van der Waals surface area contributed by atoms with Crippen LogP contribution in [0.2, 0.25) is 0 Å². The van der Waals surface area contributed by atoms with Gasteiger partial charge in [0.15, 0.2) is 0 Å². The summed E-state index contributed by atoms with van der Waals surface area (Å²) < 4.78 is 36.3. The van der Waals surface area contributed by atoms with Crippen molar-refractivity contribution >= 4 is 5.69 Å². The Kier molecular flexibility index (Phi) is 2.31. The molecule has 1 aromatic rings. The number of halogens is 3. The molecule has 3 nitrogen and oxygen atoms in total. The number of nitrogens with one attached hydrogen (secondary N) is 1. The second-order valence-electron chi connectivity index (χ2n) is 2.40. The Morgan fingerprint density at radius 3 is 2.38 bits per heavy atom. The molecule has 0 aliphatic heterocycles. The van der Waals surface area contributed by atoms with Crippen LogP contribution in [0.15, 0.2) is 18.3 Å². The predicted molar refractivity (Wildman–Crippen MR) is 38.4 cm³/mol. The summed E-state index contributed by atoms with van der Waals surface area (Å²) in [4.78, 5) is 0. The minimum absolute atomic E-state index is 0.0475. The van der Waals surface area contributed by atoms with Crippen LogP contribution in [0.4, 0.5) is 18.9 Å². The molecule has 0 aromatic carbocycles. The first kappa shape index (κ1) is 9.63. The summed E-state index contributed by atoms with van der Waals surface area (Å²) in [5.74, 6) is 0. The zero-order valence-corrected chi connectivity index (χ0v) is 6.76. The topological polar surface area (TPSA) is 36.1 Å². The van der Waals surface area contributed by atoms with Crippen LogP contribution in [0, 0.1) is 0 Å². The summed E-state index contributed by atoms with van der Waals surface area (Å²) in [6.07, 6.45) is -3.59. The van der Waals surface area contributed by atoms with Gasteiger partial charge in [-0.3, -0.25) is 5.21 Å². The van der Waals surface area contributed by atoms with Gasteiger partial charge < -0.3 is 5.32 Å². The molecule has 0 saturated heterocycles. The molecule has 6 heteroatoms. The van der Waals surface area contributed by atoms with Crippen molar-refractivity contribution in [1.82, 2.24) is 0 Å². The van der Waals surface area contributed by atoms with Gasteiger partial charge in [-0.25, -0.2) is 0 Å². The quantitative estimate of drug-likeness (QED) is 0.520. The normalized spacial score (nSPS) is 11.4. The standard InChI is InChI=1S/C7H8F3N2O/c1-11-5-2-3-6(7(8,9)10)12(13)4-5/h2-4,11,13H,1H3/q+1. The van der Waals surface area contributed by atoms with E-state index in [9.17, 15) is 13.2 Å². The van der Waals surface area contributed by atoms with Gasteiger partial charge in [-0.05, 0) is 6.07 Å². The summed E-state index contributed by atoms with van der Waals surface area (Å²) in [6, 6.07) is 2.03. The third-order valence-electron chi connectivity index (χ3n) is 1.51. The predicted octanol–water partition coefficient (Wildman–Crippen LogP) is 1.27. The number of nitrogens with zero attached hydrogens (tertiary/aromatic N) is 1. The van der Waals surface area contributed by atoms with Gasteiger partial charge in [0.2, 0.25) is 6.20 Å². The van der Waals surface area contributed by atoms with Gasteiger partial charge in [-0.15, -0.1) is 0 Å². The fourth-order valence-corrected chi connectivity index (χ4v) is 0.862. The van der Waals surface area contributed by atoms with Crippen molar-refractivity contribution in [3.63, 3.8) is 0 Å². The molecular formula is C7H8F3N2O+. The van der Waals surface area contributed by atoms with Crippen molar-refractivity contribution < 1.29 is 23.1 Å². The van der Waals surface area contributed by atoms with E-state index < -0.39 is 11.9 Å². The molecule has 0 fully saturated rings. The van der Waals surface area contributed by atoms with Crippen LogP contribution >= 0.6 is 0 Å². The summed E-state index contributed by atoms with van der Waals surface area (Å²) >= 11 is 0. The summed E-state index contributed by atoms with van der Waals surface area (Å²) in [6.45, 7) is 0. The molecule has 0 bridgehead atoms. The molecule has 1 rings (SSSR count). The van der Waals surface area contributed by atoms with Gasteiger partial charge in [0.1, 0.15) is 5.69 Å². The summed E-state index contributed by atoms with van der Waals surface area (Å²) in [5, 5.41) is 11.5. The number of hydrogen-bond donors (Lipinski definition) is 2. The van der Waals surface area contributed by atoms with Crippen LogP contribution in [0.25, 0.3) is 0 Å². The maximum atomic E-state index is 12.1. The highest BCUT2D eigenvalue weighted by Gasteiger charge is 2.41. The lowest BCUT2D eigenvalue weighted by Crippen LogP contribution is -2.39. The molecule has 0 atom stereocenters. The fourth-order valence-electron chi connectivity index (χ4n) is 0.862. The fraction of sp³-hybridized carbons (Fsp3) is 0.286. The van der Waals surface area contributed by atoms with E-state index in [1.54, 1.807) is 7.05 Å². The first-order valence-corrected chi connectivity index (χ1v) is 3.45. The zero-order chi connectivity index (χ0) is 10.1. The smallest absolute Gasteiger partial charge is 0.383 e. The van der Waals surface area contributed by atoms with Crippen LogP contribution in [0.1, 0.15) is 5.69 Å². The minimum atomic E-state index is -4.54. The molecule has 13 heavy (non-hydrogen) atoms. The maximum Gasteiger partial charge on any atom is 0.482 e. The van der Waals surface area contributed by atoms with Gasteiger partial charge in [0, 0.05) is 17.8 Å². The third-order valence-corrected chi connectivity index (χ3v) is 1.51. The van der Waals surface area contributed by atoms with Gasteiger partial charge in [0.25, 0.3) is 0 Å².